The highest BCUT2D eigenvalue weighted by Crippen LogP contribution is 2.37. The zero-order valence-electron chi connectivity index (χ0n) is 15.7. The van der Waals surface area contributed by atoms with Crippen molar-refractivity contribution in [2.75, 3.05) is 5.73 Å². The second-order valence-corrected chi connectivity index (χ2v) is 7.59. The van der Waals surface area contributed by atoms with Crippen LogP contribution in [0.25, 0.3) is 33.4 Å². The lowest BCUT2D eigenvalue weighted by Crippen LogP contribution is -2.25. The van der Waals surface area contributed by atoms with E-state index < -0.39 is 0 Å². The number of aromatic nitrogens is 3. The number of pyridine rings is 1. The molecule has 144 valence electrons. The first-order chi connectivity index (χ1) is 14.2. The lowest BCUT2D eigenvalue weighted by molar-refractivity contribution is 0.115. The van der Waals surface area contributed by atoms with Gasteiger partial charge >= 0.3 is 0 Å². The van der Waals surface area contributed by atoms with E-state index >= 15 is 0 Å². The Morgan fingerprint density at radius 2 is 1.72 bits per heavy atom. The van der Waals surface area contributed by atoms with Crippen molar-refractivity contribution in [2.24, 2.45) is 0 Å². The van der Waals surface area contributed by atoms with Gasteiger partial charge in [0.15, 0.2) is 5.82 Å². The summed E-state index contributed by atoms with van der Waals surface area (Å²) in [5, 5.41) is 1.51. The van der Waals surface area contributed by atoms with Crippen LogP contribution in [-0.2, 0) is 0 Å². The molecular formula is C23H19ClN4O. The summed E-state index contributed by atoms with van der Waals surface area (Å²) >= 11 is 6.53. The number of fused-ring (bicyclic) bond motifs is 1. The predicted octanol–water partition coefficient (Wildman–Crippen LogP) is 5.53. The summed E-state index contributed by atoms with van der Waals surface area (Å²) in [6.45, 7) is 0. The Kier molecular flexibility index (Phi) is 4.52. The molecule has 1 fully saturated rings. The molecule has 2 aromatic carbocycles. The van der Waals surface area contributed by atoms with Gasteiger partial charge in [0.2, 0.25) is 0 Å². The number of halogens is 1. The first-order valence-electron chi connectivity index (χ1n) is 9.63. The quantitative estimate of drug-likeness (QED) is 0.486. The van der Waals surface area contributed by atoms with Crippen LogP contribution < -0.4 is 10.5 Å². The number of hydrogen-bond acceptors (Lipinski definition) is 5. The number of anilines is 1. The minimum atomic E-state index is 0.159. The highest BCUT2D eigenvalue weighted by Gasteiger charge is 2.23. The molecule has 0 aliphatic heterocycles. The fourth-order valence-corrected chi connectivity index (χ4v) is 3.72. The summed E-state index contributed by atoms with van der Waals surface area (Å²) in [6, 6.07) is 17.6. The van der Waals surface area contributed by atoms with E-state index in [0.29, 0.717) is 28.1 Å². The minimum Gasteiger partial charge on any atom is -0.472 e. The average molecular weight is 403 g/mol. The standard InChI is InChI=1S/C23H19ClN4O/c24-18-13-16(12-15-8-5-11-26-19(15)18)21-20(14-6-2-1-3-7-14)27-22(25)23(28-21)29-17-9-4-10-17/h1-3,5-8,11-13,17H,4,9-10H2,(H2,25,27). The molecule has 1 aliphatic carbocycles. The highest BCUT2D eigenvalue weighted by atomic mass is 35.5. The van der Waals surface area contributed by atoms with Gasteiger partial charge in [-0.05, 0) is 37.5 Å². The molecule has 1 saturated carbocycles. The Hall–Kier alpha value is -3.18. The van der Waals surface area contributed by atoms with Crippen molar-refractivity contribution >= 4 is 28.3 Å². The van der Waals surface area contributed by atoms with Gasteiger partial charge in [-0.25, -0.2) is 9.97 Å². The van der Waals surface area contributed by atoms with E-state index in [2.05, 4.69) is 9.97 Å². The number of benzene rings is 2. The summed E-state index contributed by atoms with van der Waals surface area (Å²) in [5.41, 5.74) is 10.1. The van der Waals surface area contributed by atoms with Crippen molar-refractivity contribution in [2.45, 2.75) is 25.4 Å². The third-order valence-electron chi connectivity index (χ3n) is 5.20. The van der Waals surface area contributed by atoms with Crippen molar-refractivity contribution in [1.82, 2.24) is 15.0 Å². The topological polar surface area (TPSA) is 73.9 Å². The van der Waals surface area contributed by atoms with Crippen LogP contribution in [0.15, 0.2) is 60.8 Å². The molecule has 6 heteroatoms. The normalized spacial score (nSPS) is 14.0. The molecule has 29 heavy (non-hydrogen) atoms. The lowest BCUT2D eigenvalue weighted by Gasteiger charge is -2.26. The molecular weight excluding hydrogens is 384 g/mol. The van der Waals surface area contributed by atoms with Gasteiger partial charge in [0.1, 0.15) is 11.8 Å². The zero-order valence-corrected chi connectivity index (χ0v) is 16.4. The van der Waals surface area contributed by atoms with E-state index in [-0.39, 0.29) is 6.10 Å². The van der Waals surface area contributed by atoms with Gasteiger partial charge in [0.05, 0.1) is 16.2 Å². The number of ether oxygens (including phenoxy) is 1. The Balaban J connectivity index is 1.71. The molecule has 4 aromatic rings. The van der Waals surface area contributed by atoms with Gasteiger partial charge in [-0.15, -0.1) is 0 Å². The molecule has 5 rings (SSSR count). The molecule has 0 amide bonds. The number of hydrogen-bond donors (Lipinski definition) is 1. The van der Waals surface area contributed by atoms with Crippen LogP contribution >= 0.6 is 11.6 Å². The Bertz CT molecular complexity index is 1190. The Morgan fingerprint density at radius 1 is 0.931 bits per heavy atom. The fourth-order valence-electron chi connectivity index (χ4n) is 3.45. The molecule has 0 radical (unpaired) electrons. The van der Waals surface area contributed by atoms with Crippen LogP contribution in [0.5, 0.6) is 5.88 Å². The molecule has 0 atom stereocenters. The predicted molar refractivity (Wildman–Crippen MR) is 116 cm³/mol. The monoisotopic (exact) mass is 402 g/mol. The SMILES string of the molecule is Nc1nc(-c2ccccc2)c(-c2cc(Cl)c3ncccc3c2)nc1OC1CCC1. The zero-order chi connectivity index (χ0) is 19.8. The van der Waals surface area contributed by atoms with E-state index in [1.807, 2.05) is 54.6 Å². The summed E-state index contributed by atoms with van der Waals surface area (Å²) in [7, 11) is 0. The van der Waals surface area contributed by atoms with Gasteiger partial charge in [-0.2, -0.15) is 0 Å². The van der Waals surface area contributed by atoms with E-state index in [1.54, 1.807) is 6.20 Å². The van der Waals surface area contributed by atoms with Crippen LogP contribution in [0.1, 0.15) is 19.3 Å². The van der Waals surface area contributed by atoms with Crippen molar-refractivity contribution in [1.29, 1.82) is 0 Å². The van der Waals surface area contributed by atoms with Gasteiger partial charge in [-0.3, -0.25) is 4.98 Å². The van der Waals surface area contributed by atoms with Gasteiger partial charge in [0, 0.05) is 22.7 Å². The molecule has 0 unspecified atom stereocenters. The third kappa shape index (κ3) is 3.38. The molecule has 0 spiro atoms. The number of nitrogens with zero attached hydrogens (tertiary/aromatic N) is 3. The van der Waals surface area contributed by atoms with Crippen molar-refractivity contribution in [3.8, 4) is 28.4 Å². The second kappa shape index (κ2) is 7.33. The van der Waals surface area contributed by atoms with E-state index in [9.17, 15) is 0 Å². The van der Waals surface area contributed by atoms with Gasteiger partial charge in [0.25, 0.3) is 5.88 Å². The maximum atomic E-state index is 6.53. The second-order valence-electron chi connectivity index (χ2n) is 7.18. The van der Waals surface area contributed by atoms with Gasteiger partial charge in [-0.1, -0.05) is 48.0 Å². The summed E-state index contributed by atoms with van der Waals surface area (Å²) in [4.78, 5) is 13.8. The first-order valence-corrected chi connectivity index (χ1v) is 10.0. The molecule has 2 heterocycles. The van der Waals surface area contributed by atoms with Crippen molar-refractivity contribution in [3.05, 3.63) is 65.8 Å². The molecule has 1 aliphatic rings. The number of rotatable bonds is 4. The first kappa shape index (κ1) is 17.9. The van der Waals surface area contributed by atoms with Crippen molar-refractivity contribution < 1.29 is 4.74 Å². The van der Waals surface area contributed by atoms with E-state index in [1.165, 1.54) is 6.42 Å². The smallest absolute Gasteiger partial charge is 0.258 e. The van der Waals surface area contributed by atoms with Crippen LogP contribution in [0.4, 0.5) is 5.82 Å². The minimum absolute atomic E-state index is 0.159. The third-order valence-corrected chi connectivity index (χ3v) is 5.49. The maximum Gasteiger partial charge on any atom is 0.258 e. The fraction of sp³-hybridized carbons (Fsp3) is 0.174. The summed E-state index contributed by atoms with van der Waals surface area (Å²) in [6.07, 6.45) is 5.10. The van der Waals surface area contributed by atoms with Crippen LogP contribution in [0.3, 0.4) is 0 Å². The number of nitrogen functional groups attached to an aromatic ring is 1. The van der Waals surface area contributed by atoms with E-state index in [0.717, 1.165) is 34.9 Å². The Labute approximate surface area is 173 Å². The largest absolute Gasteiger partial charge is 0.472 e. The van der Waals surface area contributed by atoms with Crippen LogP contribution in [0.2, 0.25) is 5.02 Å². The van der Waals surface area contributed by atoms with Crippen molar-refractivity contribution in [3.63, 3.8) is 0 Å². The Morgan fingerprint density at radius 3 is 2.48 bits per heavy atom. The highest BCUT2D eigenvalue weighted by molar-refractivity contribution is 6.35. The molecule has 0 saturated heterocycles. The maximum absolute atomic E-state index is 6.53. The van der Waals surface area contributed by atoms with Crippen LogP contribution in [0, 0.1) is 0 Å². The molecule has 2 aromatic heterocycles. The summed E-state index contributed by atoms with van der Waals surface area (Å²) in [5.74, 6) is 0.680. The lowest BCUT2D eigenvalue weighted by atomic mass is 9.96. The summed E-state index contributed by atoms with van der Waals surface area (Å²) < 4.78 is 6.01. The molecule has 2 N–H and O–H groups in total. The molecule has 0 bridgehead atoms. The average Bonchev–Trinajstić information content (AvgIpc) is 2.72. The van der Waals surface area contributed by atoms with E-state index in [4.69, 9.17) is 27.1 Å². The number of nitrogens with two attached hydrogens (primary N) is 1. The molecule has 5 nitrogen and oxygen atoms in total. The van der Waals surface area contributed by atoms with Crippen LogP contribution in [-0.4, -0.2) is 21.1 Å². The van der Waals surface area contributed by atoms with Gasteiger partial charge < -0.3 is 10.5 Å².